The lowest BCUT2D eigenvalue weighted by atomic mass is 9.72. The molecular formula is C44H49NO16S. The number of phenols is 2. The van der Waals surface area contributed by atoms with E-state index in [-0.39, 0.29) is 88.9 Å². The summed E-state index contributed by atoms with van der Waals surface area (Å²) in [5.41, 5.74) is -3.73. The molecule has 3 aliphatic carbocycles. The Balaban J connectivity index is 1.06. The number of rotatable bonds is 11. The smallest absolute Gasteiger partial charge is 0.339 e. The van der Waals surface area contributed by atoms with E-state index >= 15 is 0 Å². The molecule has 2 aliphatic heterocycles. The molecule has 62 heavy (non-hydrogen) atoms. The van der Waals surface area contributed by atoms with Crippen molar-refractivity contribution in [1.82, 2.24) is 5.06 Å². The van der Waals surface area contributed by atoms with Crippen LogP contribution >= 0.6 is 12.2 Å². The van der Waals surface area contributed by atoms with E-state index in [1.165, 1.54) is 13.2 Å². The largest absolute Gasteiger partial charge is 0.507 e. The van der Waals surface area contributed by atoms with Gasteiger partial charge in [0.2, 0.25) is 0 Å². The maximum atomic E-state index is 13.9. The molecule has 7 rings (SSSR count). The molecule has 5 aliphatic rings. The van der Waals surface area contributed by atoms with Crippen LogP contribution in [-0.2, 0) is 49.4 Å². The zero-order chi connectivity index (χ0) is 44.8. The number of thiocarbonyl (C=S) groups is 1. The maximum absolute atomic E-state index is 13.9. The molecule has 2 heterocycles. The first-order chi connectivity index (χ1) is 29.4. The van der Waals surface area contributed by atoms with Gasteiger partial charge in [-0.15, -0.1) is 5.06 Å². The lowest BCUT2D eigenvalue weighted by Crippen LogP contribution is -2.49. The van der Waals surface area contributed by atoms with Crippen molar-refractivity contribution >= 4 is 52.4 Å². The predicted octanol–water partition coefficient (Wildman–Crippen LogP) is 3.26. The fraction of sp³-hybridized carbons (Fsp3) is 0.523. The standard InChI is InChI=1S/C44H49NO16S/c1-21-37(51)22(10-13-31(50)59-23-7-4-5-15-43(2,16-14-23)42(55)61-45-29(48)11-12-30(45)49)17-32(58-21)60-27-19-44(56,28(47)20-46)18-25-33(27)40(54)36-35(39(25)53)38(52)24-8-6-9-26(57-3)34(24)41(36)62/h4,6-9,21-23,27,32,37,46,51,53-54,56H,5,10-20H2,1-3H3/b7-4+/t21?,22?,23-,27+,32+,37-,43+,44+/m1/s1. The number of aromatic hydroxyl groups is 2. The van der Waals surface area contributed by atoms with Gasteiger partial charge in [-0.3, -0.25) is 24.0 Å². The Morgan fingerprint density at radius 2 is 1.76 bits per heavy atom. The second-order valence-corrected chi connectivity index (χ2v) is 17.3. The molecule has 0 spiro atoms. The Morgan fingerprint density at radius 1 is 1.03 bits per heavy atom. The number of carbonyl (C=O) groups is 6. The highest BCUT2D eigenvalue weighted by molar-refractivity contribution is 7.81. The molecule has 0 aromatic heterocycles. The molecule has 2 aromatic carbocycles. The summed E-state index contributed by atoms with van der Waals surface area (Å²) in [5.74, 6) is -5.63. The topological polar surface area (TPSA) is 253 Å². The van der Waals surface area contributed by atoms with Gasteiger partial charge in [-0.1, -0.05) is 30.4 Å². The Bertz CT molecular complexity index is 2240. The van der Waals surface area contributed by atoms with E-state index in [9.17, 15) is 54.3 Å². The van der Waals surface area contributed by atoms with Crippen molar-refractivity contribution in [2.75, 3.05) is 13.7 Å². The van der Waals surface area contributed by atoms with Gasteiger partial charge >= 0.3 is 11.9 Å². The van der Waals surface area contributed by atoms with Crippen LogP contribution in [0.2, 0.25) is 0 Å². The highest BCUT2D eigenvalue weighted by Gasteiger charge is 2.50. The molecule has 18 heteroatoms. The zero-order valence-corrected chi connectivity index (χ0v) is 35.2. The second kappa shape index (κ2) is 17.6. The van der Waals surface area contributed by atoms with Crippen molar-refractivity contribution in [2.24, 2.45) is 11.3 Å². The maximum Gasteiger partial charge on any atom is 0.339 e. The normalized spacial score (nSPS) is 30.1. The lowest BCUT2D eigenvalue weighted by molar-refractivity contribution is -0.257. The number of allylic oxidation sites excluding steroid dienone is 1. The summed E-state index contributed by atoms with van der Waals surface area (Å²) in [5, 5.41) is 56.9. The van der Waals surface area contributed by atoms with Gasteiger partial charge < -0.3 is 49.3 Å². The molecule has 2 saturated heterocycles. The number of amides is 2. The first-order valence-electron chi connectivity index (χ1n) is 20.6. The van der Waals surface area contributed by atoms with Crippen molar-refractivity contribution in [3.63, 3.8) is 0 Å². The number of Topliss-reactive ketones (excluding diaryl/α,β-unsaturated/α-hetero) is 1. The van der Waals surface area contributed by atoms with Crippen molar-refractivity contribution in [3.8, 4) is 17.2 Å². The van der Waals surface area contributed by atoms with Crippen molar-refractivity contribution in [3.05, 3.63) is 63.7 Å². The number of ether oxygens (including phenoxy) is 4. The first kappa shape index (κ1) is 44.9. The van der Waals surface area contributed by atoms with Crippen LogP contribution in [0.3, 0.4) is 0 Å². The highest BCUT2D eigenvalue weighted by Crippen LogP contribution is 2.53. The number of fused-ring (bicyclic) bond motifs is 3. The number of imide groups is 1. The third kappa shape index (κ3) is 8.26. The average Bonchev–Trinajstić information content (AvgIpc) is 3.55. The van der Waals surface area contributed by atoms with E-state index in [0.29, 0.717) is 17.9 Å². The molecule has 17 nitrogen and oxygen atoms in total. The minimum absolute atomic E-state index is 0.00196. The third-order valence-electron chi connectivity index (χ3n) is 12.7. The van der Waals surface area contributed by atoms with Crippen LogP contribution in [0.4, 0.5) is 0 Å². The lowest BCUT2D eigenvalue weighted by Gasteiger charge is -2.43. The fourth-order valence-electron chi connectivity index (χ4n) is 9.12. The summed E-state index contributed by atoms with van der Waals surface area (Å²) in [6.45, 7) is 2.21. The molecule has 2 aromatic rings. The molecule has 2 amide bonds. The minimum atomic E-state index is -2.30. The van der Waals surface area contributed by atoms with Crippen molar-refractivity contribution < 1.29 is 78.1 Å². The van der Waals surface area contributed by atoms with Crippen LogP contribution < -0.4 is 4.74 Å². The number of benzene rings is 2. The van der Waals surface area contributed by atoms with Crippen LogP contribution in [0.1, 0.15) is 122 Å². The number of esters is 1. The molecule has 5 N–H and O–H groups in total. The van der Waals surface area contributed by atoms with Crippen LogP contribution in [0.25, 0.3) is 0 Å². The number of methoxy groups -OCH3 is 1. The van der Waals surface area contributed by atoms with Crippen LogP contribution in [0.5, 0.6) is 17.2 Å². The first-order valence-corrected chi connectivity index (χ1v) is 21.0. The Hall–Kier alpha value is -5.11. The van der Waals surface area contributed by atoms with Crippen molar-refractivity contribution in [2.45, 2.75) is 121 Å². The number of hydroxylamine groups is 2. The molecule has 0 bridgehead atoms. The number of aliphatic hydroxyl groups is 3. The summed E-state index contributed by atoms with van der Waals surface area (Å²) in [7, 11) is 1.39. The summed E-state index contributed by atoms with van der Waals surface area (Å²) in [6, 6.07) is 4.66. The van der Waals surface area contributed by atoms with E-state index < -0.39 is 114 Å². The van der Waals surface area contributed by atoms with E-state index in [0.717, 1.165) is 0 Å². The molecule has 0 saturated carbocycles. The van der Waals surface area contributed by atoms with E-state index in [1.54, 1.807) is 38.1 Å². The quantitative estimate of drug-likeness (QED) is 0.0609. The third-order valence-corrected chi connectivity index (χ3v) is 13.2. The zero-order valence-electron chi connectivity index (χ0n) is 34.4. The predicted molar refractivity (Wildman–Crippen MR) is 217 cm³/mol. The molecule has 0 radical (unpaired) electrons. The summed E-state index contributed by atoms with van der Waals surface area (Å²) >= 11 is 5.77. The summed E-state index contributed by atoms with van der Waals surface area (Å²) < 4.78 is 23.6. The number of hydrogen-bond acceptors (Lipinski definition) is 17. The van der Waals surface area contributed by atoms with Gasteiger partial charge in [0.25, 0.3) is 11.8 Å². The molecule has 8 atom stereocenters. The van der Waals surface area contributed by atoms with Crippen LogP contribution in [-0.4, -0.2) is 115 Å². The number of aliphatic hydroxyl groups excluding tert-OH is 2. The van der Waals surface area contributed by atoms with E-state index in [2.05, 4.69) is 0 Å². The van der Waals surface area contributed by atoms with Gasteiger partial charge in [0.05, 0.1) is 46.8 Å². The number of carbonyl (C=O) groups excluding carboxylic acids is 6. The van der Waals surface area contributed by atoms with Crippen molar-refractivity contribution in [1.29, 1.82) is 0 Å². The molecule has 332 valence electrons. The summed E-state index contributed by atoms with van der Waals surface area (Å²) in [6.07, 6.45) is -1.43. The Labute approximate surface area is 361 Å². The highest BCUT2D eigenvalue weighted by atomic mass is 32.1. The number of hydrogen-bond donors (Lipinski definition) is 5. The Kier molecular flexibility index (Phi) is 12.7. The minimum Gasteiger partial charge on any atom is -0.507 e. The Morgan fingerprint density at radius 3 is 2.45 bits per heavy atom. The number of ketones is 2. The monoisotopic (exact) mass is 879 g/mol. The van der Waals surface area contributed by atoms with Crippen LogP contribution in [0, 0.1) is 11.3 Å². The second-order valence-electron chi connectivity index (χ2n) is 16.8. The van der Waals surface area contributed by atoms with Crippen LogP contribution in [0.15, 0.2) is 30.4 Å². The molecule has 2 fully saturated rings. The molecular weight excluding hydrogens is 831 g/mol. The SMILES string of the molecule is COc1cccc2c1C(=S)c1c(O)c3c(c(O)c1C2=O)C[C@@](O)(C(=O)CO)C[C@@H]3O[C@H]1CC(CCC(=O)O[C@@H]2/C=C/CC[C@](C)(C(=O)ON3C(=O)CCC3=O)CC2)[C@H](O)C(C)O1. The van der Waals surface area contributed by atoms with Gasteiger partial charge in [-0.25, -0.2) is 4.79 Å². The van der Waals surface area contributed by atoms with Gasteiger partial charge in [-0.2, -0.15) is 0 Å². The van der Waals surface area contributed by atoms with Gasteiger partial charge in [0, 0.05) is 60.8 Å². The van der Waals surface area contributed by atoms with Gasteiger partial charge in [0.1, 0.15) is 35.6 Å². The van der Waals surface area contributed by atoms with Gasteiger partial charge in [0.15, 0.2) is 17.9 Å². The van der Waals surface area contributed by atoms with E-state index in [4.69, 9.17) is 36.0 Å². The van der Waals surface area contributed by atoms with Gasteiger partial charge in [-0.05, 0) is 64.0 Å². The number of nitrogens with zero attached hydrogens (tertiary/aromatic N) is 1. The fourth-order valence-corrected chi connectivity index (χ4v) is 9.52. The van der Waals surface area contributed by atoms with E-state index in [1.807, 2.05) is 0 Å². The number of phenolic OH excluding ortho intramolecular Hbond substituents is 2. The summed E-state index contributed by atoms with van der Waals surface area (Å²) in [4.78, 5) is 82.6. The average molecular weight is 880 g/mol. The molecule has 2 unspecified atom stereocenters.